The number of hydrogen-bond donors (Lipinski definition) is 0. The zero-order valence-corrected chi connectivity index (χ0v) is 8.75. The number of benzene rings is 2. The van der Waals surface area contributed by atoms with Crippen LogP contribution < -0.4 is 0 Å². The van der Waals surface area contributed by atoms with E-state index >= 15 is 0 Å². The van der Waals surface area contributed by atoms with Crippen molar-refractivity contribution in [2.24, 2.45) is 0 Å². The van der Waals surface area contributed by atoms with Gasteiger partial charge in [-0.2, -0.15) is 0 Å². The Hall–Kier alpha value is -1.91. The highest BCUT2D eigenvalue weighted by Crippen LogP contribution is 2.41. The van der Waals surface area contributed by atoms with E-state index in [1.165, 1.54) is 6.07 Å². The Kier molecular flexibility index (Phi) is 2.20. The van der Waals surface area contributed by atoms with E-state index in [1.807, 2.05) is 6.07 Å². The lowest BCUT2D eigenvalue weighted by molar-refractivity contribution is 0.446. The van der Waals surface area contributed by atoms with Gasteiger partial charge in [-0.15, -0.1) is 0 Å². The first-order chi connectivity index (χ1) is 8.50. The summed E-state index contributed by atoms with van der Waals surface area (Å²) >= 11 is 0. The normalized spacial score (nSPS) is 12.5. The molecular weight excluding hydrogens is 251 g/mol. The summed E-state index contributed by atoms with van der Waals surface area (Å²) in [7, 11) is 0. The van der Waals surface area contributed by atoms with E-state index in [2.05, 4.69) is 0 Å². The van der Waals surface area contributed by atoms with Crippen molar-refractivity contribution in [2.75, 3.05) is 0 Å². The molecule has 3 rings (SSSR count). The zero-order valence-electron chi connectivity index (χ0n) is 8.75. The van der Waals surface area contributed by atoms with Crippen LogP contribution in [0.2, 0.25) is 0 Å². The lowest BCUT2D eigenvalue weighted by Crippen LogP contribution is -1.98. The quantitative estimate of drug-likeness (QED) is 0.424. The Balaban J connectivity index is 2.40. The second-order valence-electron chi connectivity index (χ2n) is 3.99. The van der Waals surface area contributed by atoms with Crippen LogP contribution in [-0.4, -0.2) is 0 Å². The van der Waals surface area contributed by atoms with Crippen LogP contribution in [0.1, 0.15) is 11.1 Å². The molecule has 0 saturated carbocycles. The summed E-state index contributed by atoms with van der Waals surface area (Å²) in [5.41, 5.74) is -0.520. The lowest BCUT2D eigenvalue weighted by atomic mass is 10.0. The van der Waals surface area contributed by atoms with Crippen molar-refractivity contribution in [1.29, 1.82) is 0 Å². The molecule has 0 N–H and O–H groups in total. The Morgan fingerprint density at radius 2 is 1.56 bits per heavy atom. The van der Waals surface area contributed by atoms with Gasteiger partial charge in [-0.3, -0.25) is 0 Å². The van der Waals surface area contributed by atoms with E-state index in [-0.39, 0.29) is 23.1 Å². The van der Waals surface area contributed by atoms with Gasteiger partial charge >= 0.3 is 0 Å². The Morgan fingerprint density at radius 1 is 0.833 bits per heavy atom. The maximum Gasteiger partial charge on any atom is 0.195 e. The van der Waals surface area contributed by atoms with E-state index in [9.17, 15) is 22.0 Å². The van der Waals surface area contributed by atoms with Crippen LogP contribution in [0.3, 0.4) is 0 Å². The number of rotatable bonds is 0. The number of fused-ring (bicyclic) bond motifs is 3. The first-order valence-electron chi connectivity index (χ1n) is 5.06. The van der Waals surface area contributed by atoms with E-state index < -0.39 is 34.6 Å². The highest BCUT2D eigenvalue weighted by molar-refractivity contribution is 5.77. The monoisotopic (exact) mass is 255 g/mol. The molecule has 1 aliphatic rings. The summed E-state index contributed by atoms with van der Waals surface area (Å²) in [6, 6.07) is 4.17. The second-order valence-corrected chi connectivity index (χ2v) is 3.99. The molecule has 0 atom stereocenters. The molecule has 0 nitrogen and oxygen atoms in total. The third-order valence-electron chi connectivity index (χ3n) is 2.97. The second kappa shape index (κ2) is 3.54. The molecule has 2 aromatic rings. The minimum atomic E-state index is -1.73. The molecular formula is C13H4F5. The van der Waals surface area contributed by atoms with Crippen molar-refractivity contribution in [3.05, 3.63) is 58.4 Å². The molecule has 0 amide bonds. The maximum atomic E-state index is 13.6. The van der Waals surface area contributed by atoms with E-state index in [0.717, 1.165) is 6.07 Å². The molecule has 0 aliphatic heterocycles. The van der Waals surface area contributed by atoms with Crippen LogP contribution in [-0.2, 0) is 6.42 Å². The highest BCUT2D eigenvalue weighted by Gasteiger charge is 2.30. The third kappa shape index (κ3) is 1.30. The molecule has 0 spiro atoms. The standard InChI is InChI=1S/C13H4F5/c14-7-2-1-5-3-6-4-8(15)12(17)13(18)10(6)9(5)11(7)16/h1-2H,3H2. The Labute approximate surface area is 98.7 Å². The summed E-state index contributed by atoms with van der Waals surface area (Å²) in [5, 5.41) is 0. The molecule has 0 unspecified atom stereocenters. The van der Waals surface area contributed by atoms with Crippen molar-refractivity contribution in [3.8, 4) is 11.1 Å². The van der Waals surface area contributed by atoms with Gasteiger partial charge in [0.25, 0.3) is 0 Å². The molecule has 18 heavy (non-hydrogen) atoms. The van der Waals surface area contributed by atoms with Crippen molar-refractivity contribution in [3.63, 3.8) is 0 Å². The third-order valence-corrected chi connectivity index (χ3v) is 2.97. The summed E-state index contributed by atoms with van der Waals surface area (Å²) in [5.74, 6) is -7.12. The number of hydrogen-bond acceptors (Lipinski definition) is 0. The Morgan fingerprint density at radius 3 is 2.28 bits per heavy atom. The van der Waals surface area contributed by atoms with Gasteiger partial charge in [-0.05, 0) is 23.6 Å². The molecule has 1 aliphatic carbocycles. The van der Waals surface area contributed by atoms with Crippen molar-refractivity contribution in [2.45, 2.75) is 6.42 Å². The molecule has 2 aromatic carbocycles. The van der Waals surface area contributed by atoms with E-state index in [1.54, 1.807) is 0 Å². The van der Waals surface area contributed by atoms with Gasteiger partial charge in [0.1, 0.15) is 0 Å². The van der Waals surface area contributed by atoms with Crippen LogP contribution in [0.5, 0.6) is 0 Å². The Bertz CT molecular complexity index is 676. The van der Waals surface area contributed by atoms with Crippen LogP contribution in [0.25, 0.3) is 11.1 Å². The maximum absolute atomic E-state index is 13.6. The molecule has 5 heteroatoms. The molecule has 0 saturated heterocycles. The van der Waals surface area contributed by atoms with Crippen molar-refractivity contribution < 1.29 is 22.0 Å². The van der Waals surface area contributed by atoms with Crippen LogP contribution in [0, 0.1) is 35.2 Å². The van der Waals surface area contributed by atoms with Gasteiger partial charge in [-0.1, -0.05) is 6.07 Å². The lowest BCUT2D eigenvalue weighted by Gasteiger charge is -2.05. The van der Waals surface area contributed by atoms with Crippen LogP contribution >= 0.6 is 0 Å². The molecule has 0 aromatic heterocycles. The predicted molar refractivity (Wildman–Crippen MR) is 53.3 cm³/mol. The van der Waals surface area contributed by atoms with Crippen LogP contribution in [0.4, 0.5) is 22.0 Å². The minimum absolute atomic E-state index is 0.00398. The first kappa shape index (κ1) is 11.2. The summed E-state index contributed by atoms with van der Waals surface area (Å²) in [4.78, 5) is 0. The fraction of sp³-hybridized carbons (Fsp3) is 0.0769. The number of halogens is 5. The van der Waals surface area contributed by atoms with Gasteiger partial charge < -0.3 is 0 Å². The van der Waals surface area contributed by atoms with Gasteiger partial charge in [0, 0.05) is 17.2 Å². The van der Waals surface area contributed by atoms with E-state index in [4.69, 9.17) is 0 Å². The topological polar surface area (TPSA) is 0 Å². The van der Waals surface area contributed by atoms with Crippen LogP contribution in [0.15, 0.2) is 12.1 Å². The summed E-state index contributed by atoms with van der Waals surface area (Å²) < 4.78 is 66.5. The van der Waals surface area contributed by atoms with Crippen molar-refractivity contribution >= 4 is 0 Å². The molecule has 0 fully saturated rings. The zero-order chi connectivity index (χ0) is 13.0. The summed E-state index contributed by atoms with van der Waals surface area (Å²) in [6.45, 7) is 0. The SMILES string of the molecule is Fc1[c]c2c(c(F)c1F)-c1c(ccc(F)c1F)C2. The highest BCUT2D eigenvalue weighted by atomic mass is 19.2. The van der Waals surface area contributed by atoms with Gasteiger partial charge in [0.05, 0.1) is 0 Å². The molecule has 1 radical (unpaired) electrons. The average molecular weight is 255 g/mol. The van der Waals surface area contributed by atoms with Gasteiger partial charge in [0.2, 0.25) is 0 Å². The van der Waals surface area contributed by atoms with Crippen molar-refractivity contribution in [1.82, 2.24) is 0 Å². The molecule has 0 bridgehead atoms. The fourth-order valence-corrected chi connectivity index (χ4v) is 2.18. The van der Waals surface area contributed by atoms with Gasteiger partial charge in [0.15, 0.2) is 29.1 Å². The molecule has 91 valence electrons. The smallest absolute Gasteiger partial charge is 0.195 e. The van der Waals surface area contributed by atoms with E-state index in [0.29, 0.717) is 0 Å². The first-order valence-corrected chi connectivity index (χ1v) is 5.06. The summed E-state index contributed by atoms with van der Waals surface area (Å²) in [6.07, 6.45) is -0.00398. The predicted octanol–water partition coefficient (Wildman–Crippen LogP) is 3.75. The largest absolute Gasteiger partial charge is 0.204 e. The van der Waals surface area contributed by atoms with Gasteiger partial charge in [-0.25, -0.2) is 22.0 Å². The minimum Gasteiger partial charge on any atom is -0.204 e. The average Bonchev–Trinajstić information content (AvgIpc) is 2.70. The fourth-order valence-electron chi connectivity index (χ4n) is 2.18. The molecule has 0 heterocycles.